The molecule has 0 bridgehead atoms. The fraction of sp³-hybridized carbons (Fsp3) is 0.125. The third-order valence-corrected chi connectivity index (χ3v) is 3.02. The van der Waals surface area contributed by atoms with Gasteiger partial charge in [0, 0.05) is 17.8 Å². The third-order valence-electron chi connectivity index (χ3n) is 3.02. The molecule has 2 amide bonds. The van der Waals surface area contributed by atoms with Crippen molar-refractivity contribution < 1.29 is 27.8 Å². The number of nitrogens with one attached hydrogen (secondary N) is 2. The molecule has 2 aromatic rings. The molecule has 0 aromatic heterocycles. The van der Waals surface area contributed by atoms with Crippen LogP contribution in [0.4, 0.5) is 20.2 Å². The monoisotopic (exact) mass is 336 g/mol. The summed E-state index contributed by atoms with van der Waals surface area (Å²) in [4.78, 5) is 23.6. The summed E-state index contributed by atoms with van der Waals surface area (Å²) in [5.74, 6) is -3.00. The zero-order valence-electron chi connectivity index (χ0n) is 12.9. The molecule has 0 atom stereocenters. The van der Waals surface area contributed by atoms with Gasteiger partial charge >= 0.3 is 11.8 Å². The van der Waals surface area contributed by atoms with E-state index in [-0.39, 0.29) is 5.69 Å². The zero-order valence-corrected chi connectivity index (χ0v) is 12.9. The van der Waals surface area contributed by atoms with Gasteiger partial charge in [-0.05, 0) is 24.3 Å². The lowest BCUT2D eigenvalue weighted by Gasteiger charge is -2.11. The molecule has 0 saturated heterocycles. The van der Waals surface area contributed by atoms with Crippen molar-refractivity contribution in [3.63, 3.8) is 0 Å². The quantitative estimate of drug-likeness (QED) is 0.842. The van der Waals surface area contributed by atoms with Gasteiger partial charge < -0.3 is 20.1 Å². The van der Waals surface area contributed by atoms with Crippen molar-refractivity contribution in [1.82, 2.24) is 0 Å². The molecule has 0 spiro atoms. The molecular weight excluding hydrogens is 322 g/mol. The number of carbonyl (C=O) groups is 2. The molecule has 2 aromatic carbocycles. The van der Waals surface area contributed by atoms with Crippen molar-refractivity contribution in [2.75, 3.05) is 24.9 Å². The molecule has 8 heteroatoms. The van der Waals surface area contributed by atoms with Gasteiger partial charge in [-0.3, -0.25) is 9.59 Å². The Hall–Kier alpha value is -3.16. The Kier molecular flexibility index (Phi) is 5.31. The van der Waals surface area contributed by atoms with E-state index in [1.54, 1.807) is 6.07 Å². The van der Waals surface area contributed by atoms with Gasteiger partial charge in [-0.2, -0.15) is 0 Å². The van der Waals surface area contributed by atoms with Crippen molar-refractivity contribution in [2.24, 2.45) is 0 Å². The van der Waals surface area contributed by atoms with E-state index in [1.165, 1.54) is 26.4 Å². The van der Waals surface area contributed by atoms with Crippen molar-refractivity contribution in [2.45, 2.75) is 0 Å². The van der Waals surface area contributed by atoms with Crippen LogP contribution in [0.1, 0.15) is 0 Å². The van der Waals surface area contributed by atoms with Gasteiger partial charge in [-0.25, -0.2) is 8.78 Å². The van der Waals surface area contributed by atoms with E-state index in [0.717, 1.165) is 18.2 Å². The average Bonchev–Trinajstić information content (AvgIpc) is 2.57. The molecule has 126 valence electrons. The highest BCUT2D eigenvalue weighted by Gasteiger charge is 2.17. The molecule has 0 aliphatic carbocycles. The largest absolute Gasteiger partial charge is 0.493 e. The van der Waals surface area contributed by atoms with Crippen LogP contribution < -0.4 is 20.1 Å². The van der Waals surface area contributed by atoms with E-state index < -0.39 is 29.1 Å². The topological polar surface area (TPSA) is 76.7 Å². The van der Waals surface area contributed by atoms with Crippen LogP contribution in [-0.2, 0) is 9.59 Å². The first-order valence-electron chi connectivity index (χ1n) is 6.74. The first-order chi connectivity index (χ1) is 11.4. The van der Waals surface area contributed by atoms with Crippen LogP contribution in [0.2, 0.25) is 0 Å². The van der Waals surface area contributed by atoms with Gasteiger partial charge in [-0.1, -0.05) is 0 Å². The van der Waals surface area contributed by atoms with Gasteiger partial charge in [0.1, 0.15) is 11.6 Å². The van der Waals surface area contributed by atoms with Gasteiger partial charge in [0.05, 0.1) is 19.9 Å². The minimum absolute atomic E-state index is 0.271. The lowest BCUT2D eigenvalue weighted by atomic mass is 10.2. The summed E-state index contributed by atoms with van der Waals surface area (Å²) in [5.41, 5.74) is -0.157. The smallest absolute Gasteiger partial charge is 0.314 e. The van der Waals surface area contributed by atoms with Crippen LogP contribution >= 0.6 is 0 Å². The molecule has 0 aliphatic heterocycles. The van der Waals surface area contributed by atoms with Crippen molar-refractivity contribution in [3.05, 3.63) is 48.0 Å². The second-order valence-electron chi connectivity index (χ2n) is 4.60. The predicted molar refractivity (Wildman–Crippen MR) is 83.2 cm³/mol. The summed E-state index contributed by atoms with van der Waals surface area (Å²) in [6.07, 6.45) is 0. The highest BCUT2D eigenvalue weighted by Crippen LogP contribution is 2.29. The number of rotatable bonds is 4. The molecule has 0 unspecified atom stereocenters. The lowest BCUT2D eigenvalue weighted by molar-refractivity contribution is -0.133. The molecule has 2 rings (SSSR count). The molecule has 0 fully saturated rings. The zero-order chi connectivity index (χ0) is 17.7. The Morgan fingerprint density at radius 1 is 0.875 bits per heavy atom. The minimum Gasteiger partial charge on any atom is -0.493 e. The second-order valence-corrected chi connectivity index (χ2v) is 4.60. The Labute approximate surface area is 136 Å². The van der Waals surface area contributed by atoms with Crippen molar-refractivity contribution in [3.8, 4) is 11.5 Å². The molecule has 0 saturated carbocycles. The maximum absolute atomic E-state index is 13.5. The maximum Gasteiger partial charge on any atom is 0.314 e. The fourth-order valence-corrected chi connectivity index (χ4v) is 1.87. The minimum atomic E-state index is -1.14. The summed E-state index contributed by atoms with van der Waals surface area (Å²) < 4.78 is 36.6. The Bertz CT molecular complexity index is 781. The van der Waals surface area contributed by atoms with Crippen LogP contribution in [0.25, 0.3) is 0 Å². The van der Waals surface area contributed by atoms with E-state index in [9.17, 15) is 18.4 Å². The fourth-order valence-electron chi connectivity index (χ4n) is 1.87. The van der Waals surface area contributed by atoms with Gasteiger partial charge in [-0.15, -0.1) is 0 Å². The predicted octanol–water partition coefficient (Wildman–Crippen LogP) is 2.56. The van der Waals surface area contributed by atoms with Crippen molar-refractivity contribution >= 4 is 23.2 Å². The Morgan fingerprint density at radius 2 is 1.54 bits per heavy atom. The highest BCUT2D eigenvalue weighted by atomic mass is 19.1. The van der Waals surface area contributed by atoms with E-state index in [0.29, 0.717) is 11.5 Å². The number of ether oxygens (including phenoxy) is 2. The van der Waals surface area contributed by atoms with E-state index >= 15 is 0 Å². The lowest BCUT2D eigenvalue weighted by Crippen LogP contribution is -2.29. The van der Waals surface area contributed by atoms with E-state index in [2.05, 4.69) is 5.32 Å². The maximum atomic E-state index is 13.5. The van der Waals surface area contributed by atoms with E-state index in [1.807, 2.05) is 5.32 Å². The summed E-state index contributed by atoms with van der Waals surface area (Å²) in [5, 5.41) is 4.32. The summed E-state index contributed by atoms with van der Waals surface area (Å²) in [6, 6.07) is 7.00. The van der Waals surface area contributed by atoms with E-state index in [4.69, 9.17) is 9.47 Å². The van der Waals surface area contributed by atoms with Gasteiger partial charge in [0.15, 0.2) is 11.5 Å². The first kappa shape index (κ1) is 17.2. The van der Waals surface area contributed by atoms with Crippen LogP contribution in [0.15, 0.2) is 36.4 Å². The number of benzene rings is 2. The number of anilines is 2. The molecule has 0 radical (unpaired) electrons. The summed E-state index contributed by atoms with van der Waals surface area (Å²) in [6.45, 7) is 0. The Morgan fingerprint density at radius 3 is 2.21 bits per heavy atom. The van der Waals surface area contributed by atoms with Crippen LogP contribution in [0.3, 0.4) is 0 Å². The number of hydrogen-bond acceptors (Lipinski definition) is 4. The second kappa shape index (κ2) is 7.40. The van der Waals surface area contributed by atoms with Gasteiger partial charge in [0.2, 0.25) is 0 Å². The third kappa shape index (κ3) is 3.97. The summed E-state index contributed by atoms with van der Waals surface area (Å²) in [7, 11) is 2.87. The number of carbonyl (C=O) groups excluding carboxylic acids is 2. The molecule has 6 nitrogen and oxygen atoms in total. The van der Waals surface area contributed by atoms with Crippen LogP contribution in [0.5, 0.6) is 11.5 Å². The SMILES string of the molecule is COc1ccc(NC(=O)C(=O)Nc2cc(F)ccc2F)cc1OC. The molecule has 24 heavy (non-hydrogen) atoms. The number of halogens is 2. The van der Waals surface area contributed by atoms with Crippen LogP contribution in [0, 0.1) is 11.6 Å². The number of methoxy groups -OCH3 is 2. The van der Waals surface area contributed by atoms with Crippen molar-refractivity contribution in [1.29, 1.82) is 0 Å². The molecule has 0 aliphatic rings. The average molecular weight is 336 g/mol. The molecule has 0 heterocycles. The molecular formula is C16H14F2N2O4. The Balaban J connectivity index is 2.09. The first-order valence-corrected chi connectivity index (χ1v) is 6.74. The normalized spacial score (nSPS) is 10.0. The van der Waals surface area contributed by atoms with Crippen LogP contribution in [-0.4, -0.2) is 26.0 Å². The standard InChI is InChI=1S/C16H14F2N2O4/c1-23-13-6-4-10(8-14(13)24-2)19-15(21)16(22)20-12-7-9(17)3-5-11(12)18/h3-8H,1-2H3,(H,19,21)(H,20,22). The molecule has 2 N–H and O–H groups in total. The number of hydrogen-bond donors (Lipinski definition) is 2. The van der Waals surface area contributed by atoms with Gasteiger partial charge in [0.25, 0.3) is 0 Å². The summed E-state index contributed by atoms with van der Waals surface area (Å²) >= 11 is 0. The number of amides is 2. The highest BCUT2D eigenvalue weighted by molar-refractivity contribution is 6.43.